The highest BCUT2D eigenvalue weighted by Crippen LogP contribution is 2.18. The zero-order valence-electron chi connectivity index (χ0n) is 10.8. The Kier molecular flexibility index (Phi) is 4.16. The monoisotopic (exact) mass is 261 g/mol. The highest BCUT2D eigenvalue weighted by molar-refractivity contribution is 5.99. The van der Waals surface area contributed by atoms with Gasteiger partial charge in [0.05, 0.1) is 0 Å². The molecule has 1 aliphatic rings. The zero-order chi connectivity index (χ0) is 13.8. The van der Waals surface area contributed by atoms with Gasteiger partial charge in [-0.2, -0.15) is 0 Å². The number of likely N-dealkylation sites (tertiary alicyclic amines) is 1. The van der Waals surface area contributed by atoms with E-state index >= 15 is 0 Å². The van der Waals surface area contributed by atoms with Gasteiger partial charge >= 0.3 is 0 Å². The normalized spacial score (nSPS) is 19.2. The van der Waals surface area contributed by atoms with Crippen molar-refractivity contribution in [2.75, 3.05) is 19.6 Å². The topological polar surface area (TPSA) is 89.4 Å². The first-order valence-corrected chi connectivity index (χ1v) is 6.51. The van der Waals surface area contributed by atoms with E-state index in [2.05, 4.69) is 0 Å². The lowest BCUT2D eigenvalue weighted by atomic mass is 9.97. The minimum absolute atomic E-state index is 0.0544. The zero-order valence-corrected chi connectivity index (χ0v) is 10.8. The Morgan fingerprint density at radius 2 is 2.05 bits per heavy atom. The van der Waals surface area contributed by atoms with Crippen LogP contribution in [0.3, 0.4) is 0 Å². The third-order valence-electron chi connectivity index (χ3n) is 3.53. The summed E-state index contributed by atoms with van der Waals surface area (Å²) in [6.45, 7) is 2.04. The van der Waals surface area contributed by atoms with E-state index in [-0.39, 0.29) is 5.91 Å². The molecular formula is C14H19N3O2. The second kappa shape index (κ2) is 5.84. The predicted molar refractivity (Wildman–Crippen MR) is 72.6 cm³/mol. The van der Waals surface area contributed by atoms with E-state index in [1.54, 1.807) is 29.2 Å². The lowest BCUT2D eigenvalue weighted by Crippen LogP contribution is -2.42. The summed E-state index contributed by atoms with van der Waals surface area (Å²) in [6.07, 6.45) is 2.05. The van der Waals surface area contributed by atoms with Crippen LogP contribution in [-0.4, -0.2) is 36.3 Å². The summed E-state index contributed by atoms with van der Waals surface area (Å²) in [4.78, 5) is 25.3. The average molecular weight is 261 g/mol. The maximum atomic E-state index is 12.4. The molecule has 1 aromatic rings. The SMILES string of the molecule is NCC1CCCN(C(=O)c2cccc(C(N)=O)c2)C1. The van der Waals surface area contributed by atoms with Gasteiger partial charge < -0.3 is 16.4 Å². The highest BCUT2D eigenvalue weighted by atomic mass is 16.2. The van der Waals surface area contributed by atoms with Crippen molar-refractivity contribution in [1.82, 2.24) is 4.90 Å². The molecule has 1 saturated heterocycles. The van der Waals surface area contributed by atoms with Crippen molar-refractivity contribution < 1.29 is 9.59 Å². The fourth-order valence-electron chi connectivity index (χ4n) is 2.43. The summed E-state index contributed by atoms with van der Waals surface area (Å²) >= 11 is 0. The van der Waals surface area contributed by atoms with Crippen LogP contribution >= 0.6 is 0 Å². The van der Waals surface area contributed by atoms with Crippen LogP contribution in [0.5, 0.6) is 0 Å². The molecule has 0 saturated carbocycles. The molecule has 0 radical (unpaired) electrons. The Bertz CT molecular complexity index is 487. The number of carbonyl (C=O) groups is 2. The standard InChI is InChI=1S/C14H19N3O2/c15-8-10-3-2-6-17(9-10)14(19)12-5-1-4-11(7-12)13(16)18/h1,4-5,7,10H,2-3,6,8-9,15H2,(H2,16,18). The molecule has 19 heavy (non-hydrogen) atoms. The molecular weight excluding hydrogens is 242 g/mol. The van der Waals surface area contributed by atoms with E-state index in [9.17, 15) is 9.59 Å². The number of hydrogen-bond acceptors (Lipinski definition) is 3. The van der Waals surface area contributed by atoms with Crippen LogP contribution in [0.25, 0.3) is 0 Å². The highest BCUT2D eigenvalue weighted by Gasteiger charge is 2.23. The van der Waals surface area contributed by atoms with Crippen LogP contribution in [0.2, 0.25) is 0 Å². The quantitative estimate of drug-likeness (QED) is 0.834. The lowest BCUT2D eigenvalue weighted by molar-refractivity contribution is 0.0678. The second-order valence-corrected chi connectivity index (χ2v) is 4.94. The van der Waals surface area contributed by atoms with Gasteiger partial charge in [0.1, 0.15) is 0 Å². The molecule has 5 nitrogen and oxygen atoms in total. The molecule has 2 amide bonds. The van der Waals surface area contributed by atoms with Gasteiger partial charge in [-0.05, 0) is 43.5 Å². The number of nitrogens with zero attached hydrogens (tertiary/aromatic N) is 1. The molecule has 4 N–H and O–H groups in total. The van der Waals surface area contributed by atoms with E-state index in [1.165, 1.54) is 0 Å². The molecule has 1 aromatic carbocycles. The van der Waals surface area contributed by atoms with Gasteiger partial charge in [-0.1, -0.05) is 6.07 Å². The van der Waals surface area contributed by atoms with Gasteiger partial charge in [0, 0.05) is 24.2 Å². The van der Waals surface area contributed by atoms with Crippen molar-refractivity contribution in [2.24, 2.45) is 17.4 Å². The van der Waals surface area contributed by atoms with Gasteiger partial charge in [-0.25, -0.2) is 0 Å². The number of piperidine rings is 1. The predicted octanol–water partition coefficient (Wildman–Crippen LogP) is 0.596. The minimum Gasteiger partial charge on any atom is -0.366 e. The number of benzene rings is 1. The molecule has 0 spiro atoms. The third-order valence-corrected chi connectivity index (χ3v) is 3.53. The first kappa shape index (κ1) is 13.5. The van der Waals surface area contributed by atoms with Gasteiger partial charge in [-0.3, -0.25) is 9.59 Å². The van der Waals surface area contributed by atoms with Crippen LogP contribution in [0.1, 0.15) is 33.6 Å². The largest absolute Gasteiger partial charge is 0.366 e. The van der Waals surface area contributed by atoms with E-state index in [4.69, 9.17) is 11.5 Å². The summed E-state index contributed by atoms with van der Waals surface area (Å²) in [5, 5.41) is 0. The molecule has 0 aromatic heterocycles. The van der Waals surface area contributed by atoms with E-state index < -0.39 is 5.91 Å². The Balaban J connectivity index is 2.14. The summed E-state index contributed by atoms with van der Waals surface area (Å²) in [5.74, 6) is -0.202. The van der Waals surface area contributed by atoms with Gasteiger partial charge in [0.15, 0.2) is 0 Å². The molecule has 1 atom stereocenters. The molecule has 102 valence electrons. The Morgan fingerprint density at radius 1 is 1.32 bits per heavy atom. The summed E-state index contributed by atoms with van der Waals surface area (Å²) in [7, 11) is 0. The maximum absolute atomic E-state index is 12.4. The fraction of sp³-hybridized carbons (Fsp3) is 0.429. The van der Waals surface area contributed by atoms with E-state index in [0.29, 0.717) is 30.1 Å². The number of nitrogens with two attached hydrogens (primary N) is 2. The second-order valence-electron chi connectivity index (χ2n) is 4.94. The minimum atomic E-state index is -0.520. The maximum Gasteiger partial charge on any atom is 0.253 e. The molecule has 0 bridgehead atoms. The molecule has 5 heteroatoms. The van der Waals surface area contributed by atoms with Crippen LogP contribution in [0.15, 0.2) is 24.3 Å². The Morgan fingerprint density at radius 3 is 2.74 bits per heavy atom. The van der Waals surface area contributed by atoms with Crippen LogP contribution in [-0.2, 0) is 0 Å². The Hall–Kier alpha value is -1.88. The van der Waals surface area contributed by atoms with E-state index in [1.807, 2.05) is 0 Å². The molecule has 1 heterocycles. The molecule has 1 unspecified atom stereocenters. The van der Waals surface area contributed by atoms with Crippen LogP contribution < -0.4 is 11.5 Å². The third kappa shape index (κ3) is 3.12. The smallest absolute Gasteiger partial charge is 0.253 e. The lowest BCUT2D eigenvalue weighted by Gasteiger charge is -2.32. The molecule has 0 aliphatic carbocycles. The van der Waals surface area contributed by atoms with Crippen molar-refractivity contribution in [3.63, 3.8) is 0 Å². The number of primary amides is 1. The first-order chi connectivity index (χ1) is 9.11. The van der Waals surface area contributed by atoms with Crippen molar-refractivity contribution in [3.05, 3.63) is 35.4 Å². The number of amides is 2. The average Bonchev–Trinajstić information content (AvgIpc) is 2.46. The summed E-state index contributed by atoms with van der Waals surface area (Å²) in [6, 6.07) is 6.55. The summed E-state index contributed by atoms with van der Waals surface area (Å²) in [5.41, 5.74) is 11.8. The molecule has 1 fully saturated rings. The van der Waals surface area contributed by atoms with Crippen LogP contribution in [0.4, 0.5) is 0 Å². The van der Waals surface area contributed by atoms with Crippen LogP contribution in [0, 0.1) is 5.92 Å². The van der Waals surface area contributed by atoms with E-state index in [0.717, 1.165) is 19.4 Å². The summed E-state index contributed by atoms with van der Waals surface area (Å²) < 4.78 is 0. The van der Waals surface area contributed by atoms with Crippen molar-refractivity contribution >= 4 is 11.8 Å². The van der Waals surface area contributed by atoms with Gasteiger partial charge in [0.25, 0.3) is 5.91 Å². The molecule has 2 rings (SSSR count). The van der Waals surface area contributed by atoms with Crippen molar-refractivity contribution in [3.8, 4) is 0 Å². The number of carbonyl (C=O) groups excluding carboxylic acids is 2. The number of rotatable bonds is 3. The van der Waals surface area contributed by atoms with Crippen molar-refractivity contribution in [1.29, 1.82) is 0 Å². The van der Waals surface area contributed by atoms with Gasteiger partial charge in [0.2, 0.25) is 5.91 Å². The van der Waals surface area contributed by atoms with Gasteiger partial charge in [-0.15, -0.1) is 0 Å². The molecule has 1 aliphatic heterocycles. The van der Waals surface area contributed by atoms with Crippen molar-refractivity contribution in [2.45, 2.75) is 12.8 Å². The first-order valence-electron chi connectivity index (χ1n) is 6.51. The Labute approximate surface area is 112 Å². The number of hydrogen-bond donors (Lipinski definition) is 2. The fourth-order valence-corrected chi connectivity index (χ4v) is 2.43.